The molecule has 9 nitrogen and oxygen atoms in total. The Labute approximate surface area is 175 Å². The van der Waals surface area contributed by atoms with Crippen molar-refractivity contribution in [1.29, 1.82) is 0 Å². The van der Waals surface area contributed by atoms with Crippen LogP contribution >= 0.6 is 0 Å². The van der Waals surface area contributed by atoms with E-state index in [-0.39, 0.29) is 18.2 Å². The van der Waals surface area contributed by atoms with Gasteiger partial charge in [0.15, 0.2) is 17.6 Å². The van der Waals surface area contributed by atoms with Crippen LogP contribution in [-0.2, 0) is 19.1 Å². The zero-order chi connectivity index (χ0) is 21.7. The van der Waals surface area contributed by atoms with Gasteiger partial charge in [-0.1, -0.05) is 12.1 Å². The standard InChI is InChI=1S/C21H26N4O5/c1-4-29-21(28)18-19(23-17-9-6-5-8-16(17)22-18)24-10-7-11-25(13-12-24)20(27)14(2)30-15(3)26/h5-6,8-9,14H,4,7,10-13H2,1-3H3/t14-/m0/s1. The molecule has 0 N–H and O–H groups in total. The van der Waals surface area contributed by atoms with Gasteiger partial charge in [0.05, 0.1) is 17.6 Å². The fourth-order valence-electron chi connectivity index (χ4n) is 3.45. The Morgan fingerprint density at radius 2 is 1.77 bits per heavy atom. The van der Waals surface area contributed by atoms with Gasteiger partial charge < -0.3 is 19.3 Å². The first-order valence-corrected chi connectivity index (χ1v) is 10.1. The smallest absolute Gasteiger partial charge is 0.360 e. The van der Waals surface area contributed by atoms with Crippen LogP contribution in [0.4, 0.5) is 5.82 Å². The molecule has 1 atom stereocenters. The Hall–Kier alpha value is -3.23. The van der Waals surface area contributed by atoms with Crippen molar-refractivity contribution in [2.24, 2.45) is 0 Å². The molecule has 0 unspecified atom stereocenters. The molecule has 1 aliphatic rings. The number of amides is 1. The van der Waals surface area contributed by atoms with Crippen LogP contribution in [-0.4, -0.2) is 71.6 Å². The Balaban J connectivity index is 1.85. The molecule has 2 heterocycles. The Morgan fingerprint density at radius 1 is 1.07 bits per heavy atom. The molecule has 1 amide bonds. The second-order valence-electron chi connectivity index (χ2n) is 7.02. The van der Waals surface area contributed by atoms with Crippen LogP contribution in [0.3, 0.4) is 0 Å². The first-order chi connectivity index (χ1) is 14.4. The van der Waals surface area contributed by atoms with Crippen molar-refractivity contribution in [3.05, 3.63) is 30.0 Å². The van der Waals surface area contributed by atoms with E-state index >= 15 is 0 Å². The second kappa shape index (κ2) is 9.51. The molecule has 1 aromatic carbocycles. The van der Waals surface area contributed by atoms with E-state index in [9.17, 15) is 14.4 Å². The minimum Gasteiger partial charge on any atom is -0.461 e. The molecule has 30 heavy (non-hydrogen) atoms. The number of esters is 2. The minimum absolute atomic E-state index is 0.170. The minimum atomic E-state index is -0.829. The van der Waals surface area contributed by atoms with Crippen molar-refractivity contribution in [2.45, 2.75) is 33.3 Å². The van der Waals surface area contributed by atoms with Gasteiger partial charge >= 0.3 is 11.9 Å². The summed E-state index contributed by atoms with van der Waals surface area (Å²) in [6.07, 6.45) is -0.153. The number of nitrogens with zero attached hydrogens (tertiary/aromatic N) is 4. The lowest BCUT2D eigenvalue weighted by atomic mass is 10.2. The number of benzene rings is 1. The van der Waals surface area contributed by atoms with E-state index in [1.54, 1.807) is 24.8 Å². The summed E-state index contributed by atoms with van der Waals surface area (Å²) in [5, 5.41) is 0. The van der Waals surface area contributed by atoms with Crippen molar-refractivity contribution < 1.29 is 23.9 Å². The fourth-order valence-corrected chi connectivity index (χ4v) is 3.45. The van der Waals surface area contributed by atoms with Crippen LogP contribution in [0, 0.1) is 0 Å². The highest BCUT2D eigenvalue weighted by Gasteiger charge is 2.28. The third kappa shape index (κ3) is 4.84. The first-order valence-electron chi connectivity index (χ1n) is 10.1. The number of hydrogen-bond donors (Lipinski definition) is 0. The second-order valence-corrected chi connectivity index (χ2v) is 7.02. The molecular formula is C21H26N4O5. The van der Waals surface area contributed by atoms with E-state index in [1.165, 1.54) is 6.92 Å². The zero-order valence-corrected chi connectivity index (χ0v) is 17.5. The van der Waals surface area contributed by atoms with Crippen LogP contribution in [0.15, 0.2) is 24.3 Å². The highest BCUT2D eigenvalue weighted by Crippen LogP contribution is 2.23. The quantitative estimate of drug-likeness (QED) is 0.683. The van der Waals surface area contributed by atoms with Crippen LogP contribution < -0.4 is 4.90 Å². The van der Waals surface area contributed by atoms with Gasteiger partial charge in [-0.25, -0.2) is 14.8 Å². The van der Waals surface area contributed by atoms with Crippen molar-refractivity contribution in [1.82, 2.24) is 14.9 Å². The molecule has 0 saturated carbocycles. The van der Waals surface area contributed by atoms with Crippen molar-refractivity contribution in [2.75, 3.05) is 37.7 Å². The molecule has 0 bridgehead atoms. The zero-order valence-electron chi connectivity index (χ0n) is 17.5. The van der Waals surface area contributed by atoms with Crippen LogP contribution in [0.25, 0.3) is 11.0 Å². The van der Waals surface area contributed by atoms with Gasteiger partial charge in [0.1, 0.15) is 0 Å². The molecule has 1 fully saturated rings. The van der Waals surface area contributed by atoms with Crippen molar-refractivity contribution in [3.63, 3.8) is 0 Å². The molecule has 0 spiro atoms. The normalized spacial score (nSPS) is 15.4. The van der Waals surface area contributed by atoms with E-state index in [1.807, 2.05) is 23.1 Å². The number of para-hydroxylation sites is 2. The highest BCUT2D eigenvalue weighted by molar-refractivity contribution is 5.95. The van der Waals surface area contributed by atoms with Crippen LogP contribution in [0.5, 0.6) is 0 Å². The summed E-state index contributed by atoms with van der Waals surface area (Å²) in [5.41, 5.74) is 1.47. The van der Waals surface area contributed by atoms with E-state index in [0.29, 0.717) is 49.5 Å². The Bertz CT molecular complexity index is 948. The average molecular weight is 414 g/mol. The van der Waals surface area contributed by atoms with Gasteiger partial charge in [0.25, 0.3) is 5.91 Å². The predicted molar refractivity (Wildman–Crippen MR) is 110 cm³/mol. The lowest BCUT2D eigenvalue weighted by Gasteiger charge is -2.25. The van der Waals surface area contributed by atoms with Gasteiger partial charge in [-0.2, -0.15) is 0 Å². The third-order valence-corrected chi connectivity index (χ3v) is 4.82. The maximum Gasteiger partial charge on any atom is 0.360 e. The number of hydrogen-bond acceptors (Lipinski definition) is 8. The highest BCUT2D eigenvalue weighted by atomic mass is 16.5. The summed E-state index contributed by atoms with van der Waals surface area (Å²) in [7, 11) is 0. The SMILES string of the molecule is CCOC(=O)c1nc2ccccc2nc1N1CCCN(C(=O)[C@H](C)OC(C)=O)CC1. The summed E-state index contributed by atoms with van der Waals surface area (Å²) in [6, 6.07) is 7.35. The number of fused-ring (bicyclic) bond motifs is 1. The lowest BCUT2D eigenvalue weighted by molar-refractivity contribution is -0.157. The molecular weight excluding hydrogens is 388 g/mol. The largest absolute Gasteiger partial charge is 0.461 e. The van der Waals surface area contributed by atoms with E-state index in [2.05, 4.69) is 9.97 Å². The van der Waals surface area contributed by atoms with E-state index < -0.39 is 18.0 Å². The number of carbonyl (C=O) groups excluding carboxylic acids is 3. The molecule has 1 saturated heterocycles. The van der Waals surface area contributed by atoms with Crippen LogP contribution in [0.1, 0.15) is 37.7 Å². The summed E-state index contributed by atoms with van der Waals surface area (Å²) in [6.45, 7) is 6.85. The summed E-state index contributed by atoms with van der Waals surface area (Å²) >= 11 is 0. The number of anilines is 1. The van der Waals surface area contributed by atoms with Gasteiger partial charge in [-0.3, -0.25) is 9.59 Å². The van der Waals surface area contributed by atoms with Gasteiger partial charge in [0, 0.05) is 33.1 Å². The van der Waals surface area contributed by atoms with Gasteiger partial charge in [0.2, 0.25) is 0 Å². The maximum atomic E-state index is 12.6. The summed E-state index contributed by atoms with van der Waals surface area (Å²) in [5.74, 6) is -0.791. The number of aromatic nitrogens is 2. The molecule has 3 rings (SSSR count). The van der Waals surface area contributed by atoms with E-state index in [4.69, 9.17) is 9.47 Å². The Morgan fingerprint density at radius 3 is 2.43 bits per heavy atom. The van der Waals surface area contributed by atoms with Crippen molar-refractivity contribution >= 4 is 34.7 Å². The van der Waals surface area contributed by atoms with Crippen molar-refractivity contribution in [3.8, 4) is 0 Å². The fraction of sp³-hybridized carbons (Fsp3) is 0.476. The molecule has 2 aromatic rings. The summed E-state index contributed by atoms with van der Waals surface area (Å²) < 4.78 is 10.2. The number of carbonyl (C=O) groups is 3. The predicted octanol–water partition coefficient (Wildman–Crippen LogP) is 1.80. The molecule has 1 aliphatic heterocycles. The molecule has 1 aromatic heterocycles. The topological polar surface area (TPSA) is 102 Å². The van der Waals surface area contributed by atoms with Gasteiger partial charge in [-0.15, -0.1) is 0 Å². The van der Waals surface area contributed by atoms with Crippen LogP contribution in [0.2, 0.25) is 0 Å². The molecule has 160 valence electrons. The first kappa shape index (κ1) is 21.5. The molecule has 0 radical (unpaired) electrons. The lowest BCUT2D eigenvalue weighted by Crippen LogP contribution is -2.42. The summed E-state index contributed by atoms with van der Waals surface area (Å²) in [4.78, 5) is 49.1. The maximum absolute atomic E-state index is 12.6. The molecule has 0 aliphatic carbocycles. The average Bonchev–Trinajstić information content (AvgIpc) is 2.98. The van der Waals surface area contributed by atoms with E-state index in [0.717, 1.165) is 0 Å². The van der Waals surface area contributed by atoms with Gasteiger partial charge in [-0.05, 0) is 32.4 Å². The third-order valence-electron chi connectivity index (χ3n) is 4.82. The monoisotopic (exact) mass is 414 g/mol. The molecule has 9 heteroatoms. The number of rotatable bonds is 5. The Kier molecular flexibility index (Phi) is 6.81. The number of ether oxygens (including phenoxy) is 2.